The van der Waals surface area contributed by atoms with E-state index in [0.29, 0.717) is 0 Å². The van der Waals surface area contributed by atoms with Gasteiger partial charge in [-0.3, -0.25) is 0 Å². The van der Waals surface area contributed by atoms with Gasteiger partial charge >= 0.3 is 0 Å². The Bertz CT molecular complexity index is 536. The Morgan fingerprint density at radius 1 is 0.512 bits per heavy atom. The van der Waals surface area contributed by atoms with E-state index in [1.807, 2.05) is 0 Å². The van der Waals surface area contributed by atoms with E-state index >= 15 is 0 Å². The molecule has 0 aliphatic rings. The quantitative estimate of drug-likeness (QED) is 0.113. The predicted octanol–water partition coefficient (Wildman–Crippen LogP) is 5.46. The summed E-state index contributed by atoms with van der Waals surface area (Å²) in [6.45, 7) is 7.23. The van der Waals surface area contributed by atoms with Crippen LogP contribution in [-0.4, -0.2) is 87.5 Å². The molecule has 0 fully saturated rings. The minimum absolute atomic E-state index is 0.928. The Morgan fingerprint density at radius 2 is 0.756 bits per heavy atom. The van der Waals surface area contributed by atoms with Gasteiger partial charge in [-0.25, -0.2) is 0 Å². The fourth-order valence-electron chi connectivity index (χ4n) is 4.39. The second-order valence-corrected chi connectivity index (χ2v) is 13.8. The van der Waals surface area contributed by atoms with Crippen molar-refractivity contribution in [2.24, 2.45) is 0 Å². The van der Waals surface area contributed by atoms with Crippen LogP contribution in [0.25, 0.3) is 0 Å². The van der Waals surface area contributed by atoms with Crippen LogP contribution in [0.5, 0.6) is 0 Å². The minimum atomic E-state index is -1.96. The number of carboxylic acid groups (broad SMARTS) is 2. The Hall–Kier alpha value is -1.18. The van der Waals surface area contributed by atoms with E-state index in [0.717, 1.165) is 8.97 Å². The van der Waals surface area contributed by atoms with Crippen molar-refractivity contribution in [1.82, 2.24) is 0 Å². The Balaban J connectivity index is -0.000000551. The average Bonchev–Trinajstić information content (AvgIpc) is 2.85. The molecular formula is C34H72N2O5. The maximum absolute atomic E-state index is 9.58. The smallest absolute Gasteiger partial charge is 0.0985 e. The molecule has 248 valence electrons. The normalized spacial score (nSPS) is 12.1. The van der Waals surface area contributed by atoms with Crippen LogP contribution in [0.4, 0.5) is 0 Å². The number of aliphatic hydroxyl groups excluding tert-OH is 1. The van der Waals surface area contributed by atoms with Crippen molar-refractivity contribution < 1.29 is 33.9 Å². The molecule has 1 unspecified atom stereocenters. The van der Waals surface area contributed by atoms with Gasteiger partial charge in [-0.1, -0.05) is 117 Å². The number of aliphatic hydroxyl groups is 1. The van der Waals surface area contributed by atoms with Gasteiger partial charge in [0.1, 0.15) is 0 Å². The van der Waals surface area contributed by atoms with Crippen LogP contribution in [0.3, 0.4) is 0 Å². The van der Waals surface area contributed by atoms with Crippen molar-refractivity contribution in [3.63, 3.8) is 0 Å². The molecule has 0 bridgehead atoms. The first-order valence-electron chi connectivity index (χ1n) is 16.9. The molecule has 0 aliphatic heterocycles. The molecule has 7 heteroatoms. The molecule has 0 saturated heterocycles. The molecule has 0 aromatic carbocycles. The number of quaternary nitrogens is 2. The van der Waals surface area contributed by atoms with Gasteiger partial charge in [0.25, 0.3) is 0 Å². The third-order valence-corrected chi connectivity index (χ3v) is 7.00. The molecule has 41 heavy (non-hydrogen) atoms. The maximum atomic E-state index is 9.58. The zero-order valence-electron chi connectivity index (χ0n) is 28.8. The Morgan fingerprint density at radius 3 is 0.927 bits per heavy atom. The molecule has 1 N–H and O–H groups in total. The monoisotopic (exact) mass is 589 g/mol. The first-order chi connectivity index (χ1) is 19.2. The first-order valence-corrected chi connectivity index (χ1v) is 16.9. The van der Waals surface area contributed by atoms with Crippen molar-refractivity contribution in [1.29, 1.82) is 0 Å². The van der Waals surface area contributed by atoms with Gasteiger partial charge in [0.15, 0.2) is 0 Å². The topological polar surface area (TPSA) is 100 Å². The molecule has 0 amide bonds. The van der Waals surface area contributed by atoms with E-state index in [2.05, 4.69) is 56.1 Å². The summed E-state index contributed by atoms with van der Waals surface area (Å²) >= 11 is 0. The number of carbonyl (C=O) groups excluding carboxylic acids is 2. The van der Waals surface area contributed by atoms with E-state index in [9.17, 15) is 19.8 Å². The fraction of sp³-hybridized carbons (Fsp3) is 0.941. The molecule has 0 heterocycles. The van der Waals surface area contributed by atoms with Crippen LogP contribution < -0.4 is 10.2 Å². The molecular weight excluding hydrogens is 516 g/mol. The highest BCUT2D eigenvalue weighted by molar-refractivity contribution is 5.77. The average molecular weight is 589 g/mol. The lowest BCUT2D eigenvalue weighted by Crippen LogP contribution is -2.39. The number of rotatable bonds is 25. The van der Waals surface area contributed by atoms with Crippen LogP contribution in [0.2, 0.25) is 0 Å². The first kappa shape index (κ1) is 44.3. The van der Waals surface area contributed by atoms with Crippen molar-refractivity contribution in [2.45, 2.75) is 155 Å². The van der Waals surface area contributed by atoms with Crippen LogP contribution in [0.1, 0.15) is 149 Å². The van der Waals surface area contributed by atoms with Gasteiger partial charge in [-0.2, -0.15) is 0 Å². The summed E-state index contributed by atoms with van der Waals surface area (Å²) in [7, 11) is 13.7. The lowest BCUT2D eigenvalue weighted by Gasteiger charge is -2.23. The van der Waals surface area contributed by atoms with Gasteiger partial charge < -0.3 is 33.9 Å². The number of hydrogen-bond donors (Lipinski definition) is 1. The third kappa shape index (κ3) is 48.9. The highest BCUT2D eigenvalue weighted by Gasteiger charge is 2.06. The highest BCUT2D eigenvalue weighted by Crippen LogP contribution is 2.12. The standard InChI is InChI=1S/2C15H34N.C4H6O5/c2*1-5-6-7-8-9-10-11-12-13-14-15-16(2,3)4;5-2(4(8)9)1-3(6)7/h2*5-15H2,1-4H3;2,5H,1H2,(H,6,7)(H,8,9)/q2*+1;/p-2. The third-order valence-electron chi connectivity index (χ3n) is 7.00. The van der Waals surface area contributed by atoms with E-state index in [4.69, 9.17) is 5.11 Å². The maximum Gasteiger partial charge on any atom is 0.0985 e. The highest BCUT2D eigenvalue weighted by atomic mass is 16.4. The van der Waals surface area contributed by atoms with Gasteiger partial charge in [0.05, 0.1) is 67.4 Å². The number of unbranched alkanes of at least 4 members (excludes halogenated alkanes) is 18. The lowest BCUT2D eigenvalue weighted by atomic mass is 10.1. The molecule has 0 rings (SSSR count). The summed E-state index contributed by atoms with van der Waals surface area (Å²) in [5.41, 5.74) is 0. The van der Waals surface area contributed by atoms with Crippen LogP contribution in [0.15, 0.2) is 0 Å². The van der Waals surface area contributed by atoms with E-state index in [1.165, 1.54) is 142 Å². The number of nitrogens with zero attached hydrogens (tertiary/aromatic N) is 2. The van der Waals surface area contributed by atoms with Crippen LogP contribution in [-0.2, 0) is 9.59 Å². The Labute approximate surface area is 255 Å². The summed E-state index contributed by atoms with van der Waals surface area (Å²) in [5, 5.41) is 27.3. The summed E-state index contributed by atoms with van der Waals surface area (Å²) in [6, 6.07) is 0. The van der Waals surface area contributed by atoms with Crippen molar-refractivity contribution in [3.8, 4) is 0 Å². The van der Waals surface area contributed by atoms with Gasteiger partial charge in [-0.15, -0.1) is 0 Å². The summed E-state index contributed by atoms with van der Waals surface area (Å²) < 4.78 is 2.24. The zero-order valence-corrected chi connectivity index (χ0v) is 28.8. The van der Waals surface area contributed by atoms with Crippen LogP contribution in [0, 0.1) is 0 Å². The molecule has 0 aliphatic carbocycles. The van der Waals surface area contributed by atoms with Crippen molar-refractivity contribution in [3.05, 3.63) is 0 Å². The largest absolute Gasteiger partial charge is 0.550 e. The molecule has 1 atom stereocenters. The minimum Gasteiger partial charge on any atom is -0.550 e. The van der Waals surface area contributed by atoms with Crippen molar-refractivity contribution in [2.75, 3.05) is 55.4 Å². The second kappa shape index (κ2) is 30.3. The molecule has 0 radical (unpaired) electrons. The van der Waals surface area contributed by atoms with E-state index < -0.39 is 24.5 Å². The van der Waals surface area contributed by atoms with Crippen LogP contribution >= 0.6 is 0 Å². The number of aliphatic carboxylic acids is 2. The number of carboxylic acids is 2. The van der Waals surface area contributed by atoms with Gasteiger partial charge in [0.2, 0.25) is 0 Å². The summed E-state index contributed by atoms with van der Waals surface area (Å²) in [6.07, 6.45) is 25.9. The molecule has 0 aromatic rings. The zero-order chi connectivity index (χ0) is 32.0. The molecule has 0 saturated carbocycles. The van der Waals surface area contributed by atoms with E-state index in [-0.39, 0.29) is 0 Å². The number of hydrogen-bond acceptors (Lipinski definition) is 5. The molecule has 0 aromatic heterocycles. The van der Waals surface area contributed by atoms with Crippen molar-refractivity contribution >= 4 is 11.9 Å². The SMILES string of the molecule is CCCCCCCCCCCC[N+](C)(C)C.CCCCCCCCCCCC[N+](C)(C)C.O=C([O-])CC(O)C(=O)[O-]. The summed E-state index contributed by atoms with van der Waals surface area (Å²) in [5.74, 6) is -3.43. The number of carbonyl (C=O) groups is 2. The predicted molar refractivity (Wildman–Crippen MR) is 170 cm³/mol. The lowest BCUT2D eigenvalue weighted by molar-refractivity contribution is -0.870. The second-order valence-electron chi connectivity index (χ2n) is 13.8. The Kier molecular flexibility index (Phi) is 32.7. The van der Waals surface area contributed by atoms with Gasteiger partial charge in [0, 0.05) is 12.4 Å². The van der Waals surface area contributed by atoms with E-state index in [1.54, 1.807) is 0 Å². The van der Waals surface area contributed by atoms with Gasteiger partial charge in [-0.05, 0) is 25.7 Å². The molecule has 0 spiro atoms. The summed E-state index contributed by atoms with van der Waals surface area (Å²) in [4.78, 5) is 19.1. The fourth-order valence-corrected chi connectivity index (χ4v) is 4.39. The molecule has 7 nitrogen and oxygen atoms in total.